The Morgan fingerprint density at radius 1 is 1.19 bits per heavy atom. The fraction of sp³-hybridized carbons (Fsp3) is 0.105. The van der Waals surface area contributed by atoms with Crippen LogP contribution in [0, 0.1) is 5.82 Å². The number of hydrogen-bond acceptors (Lipinski definition) is 5. The van der Waals surface area contributed by atoms with Crippen LogP contribution in [0.3, 0.4) is 0 Å². The van der Waals surface area contributed by atoms with Crippen molar-refractivity contribution >= 4 is 33.3 Å². The number of carbonyl (C=O) groups excluding carboxylic acids is 1. The molecular formula is C19H16BrFN4O2. The molecular weight excluding hydrogens is 415 g/mol. The predicted octanol–water partition coefficient (Wildman–Crippen LogP) is 4.49. The Balaban J connectivity index is 1.81. The van der Waals surface area contributed by atoms with E-state index in [1.165, 1.54) is 24.4 Å². The molecule has 0 bridgehead atoms. The normalized spacial score (nSPS) is 10.4. The molecule has 0 aliphatic rings. The molecule has 8 heteroatoms. The van der Waals surface area contributed by atoms with Crippen molar-refractivity contribution in [2.24, 2.45) is 0 Å². The number of nitrogens with one attached hydrogen (secondary N) is 1. The monoisotopic (exact) mass is 430 g/mol. The van der Waals surface area contributed by atoms with Gasteiger partial charge in [-0.25, -0.2) is 14.4 Å². The zero-order valence-electron chi connectivity index (χ0n) is 14.6. The first-order valence-electron chi connectivity index (χ1n) is 7.96. The number of carbonyl (C=O) groups is 1. The molecule has 138 valence electrons. The molecule has 0 saturated carbocycles. The van der Waals surface area contributed by atoms with E-state index in [9.17, 15) is 9.18 Å². The molecule has 0 radical (unpaired) electrons. The van der Waals surface area contributed by atoms with Crippen molar-refractivity contribution in [1.29, 1.82) is 0 Å². The highest BCUT2D eigenvalue weighted by Gasteiger charge is 2.16. The Kier molecular flexibility index (Phi) is 5.66. The fourth-order valence-electron chi connectivity index (χ4n) is 2.22. The summed E-state index contributed by atoms with van der Waals surface area (Å²) in [5.74, 6) is 0.0371. The number of nitrogens with zero attached hydrogens (tertiary/aromatic N) is 3. The van der Waals surface area contributed by atoms with E-state index in [4.69, 9.17) is 4.74 Å². The van der Waals surface area contributed by atoms with E-state index in [-0.39, 0.29) is 11.4 Å². The molecule has 0 unspecified atom stereocenters. The highest BCUT2D eigenvalue weighted by atomic mass is 79.9. The van der Waals surface area contributed by atoms with Crippen molar-refractivity contribution in [2.45, 2.75) is 0 Å². The van der Waals surface area contributed by atoms with Crippen molar-refractivity contribution in [1.82, 2.24) is 9.97 Å². The Morgan fingerprint density at radius 3 is 2.67 bits per heavy atom. The van der Waals surface area contributed by atoms with Gasteiger partial charge in [-0.3, -0.25) is 4.79 Å². The third kappa shape index (κ3) is 4.59. The number of amides is 1. The Hall–Kier alpha value is -3.00. The first-order valence-corrected chi connectivity index (χ1v) is 8.76. The number of pyridine rings is 2. The van der Waals surface area contributed by atoms with Gasteiger partial charge in [0.15, 0.2) is 0 Å². The summed E-state index contributed by atoms with van der Waals surface area (Å²) in [6, 6.07) is 10.8. The summed E-state index contributed by atoms with van der Waals surface area (Å²) in [5, 5.41) is 2.71. The summed E-state index contributed by atoms with van der Waals surface area (Å²) in [6.07, 6.45) is 3.17. The van der Waals surface area contributed by atoms with Gasteiger partial charge in [0, 0.05) is 20.3 Å². The summed E-state index contributed by atoms with van der Waals surface area (Å²) >= 11 is 3.23. The molecule has 0 fully saturated rings. The molecule has 27 heavy (non-hydrogen) atoms. The van der Waals surface area contributed by atoms with Crippen LogP contribution in [-0.4, -0.2) is 30.0 Å². The molecule has 2 aromatic heterocycles. The second kappa shape index (κ2) is 8.13. The van der Waals surface area contributed by atoms with Crippen LogP contribution in [0.25, 0.3) is 0 Å². The van der Waals surface area contributed by atoms with Crippen LogP contribution in [0.4, 0.5) is 15.9 Å². The first-order chi connectivity index (χ1) is 12.9. The summed E-state index contributed by atoms with van der Waals surface area (Å²) in [6.45, 7) is 0. The molecule has 1 N–H and O–H groups in total. The molecule has 0 aliphatic heterocycles. The zero-order chi connectivity index (χ0) is 19.4. The van der Waals surface area contributed by atoms with E-state index < -0.39 is 11.7 Å². The minimum Gasteiger partial charge on any atom is -0.437 e. The Labute approximate surface area is 164 Å². The average molecular weight is 431 g/mol. The standard InChI is InChI=1S/C19H16BrFN4O2/c1-25(2)13-6-8-17(23-11-13)24-18(26)14-4-3-9-22-19(14)27-16-7-5-12(21)10-15(16)20/h3-11H,1-2H3,(H,23,24,26). The van der Waals surface area contributed by atoms with E-state index in [1.807, 2.05) is 25.1 Å². The summed E-state index contributed by atoms with van der Waals surface area (Å²) in [7, 11) is 3.81. The van der Waals surface area contributed by atoms with Crippen LogP contribution in [0.1, 0.15) is 10.4 Å². The summed E-state index contributed by atoms with van der Waals surface area (Å²) in [5.41, 5.74) is 1.15. The number of halogens is 2. The maximum Gasteiger partial charge on any atom is 0.262 e. The van der Waals surface area contributed by atoms with Gasteiger partial charge in [0.1, 0.15) is 22.9 Å². The maximum absolute atomic E-state index is 13.2. The van der Waals surface area contributed by atoms with Gasteiger partial charge in [0.2, 0.25) is 5.88 Å². The van der Waals surface area contributed by atoms with Gasteiger partial charge >= 0.3 is 0 Å². The number of benzene rings is 1. The quantitative estimate of drug-likeness (QED) is 0.645. The first kappa shape index (κ1) is 18.8. The van der Waals surface area contributed by atoms with Gasteiger partial charge < -0.3 is 15.0 Å². The van der Waals surface area contributed by atoms with Crippen molar-refractivity contribution in [2.75, 3.05) is 24.3 Å². The topological polar surface area (TPSA) is 67.4 Å². The van der Waals surface area contributed by atoms with Gasteiger partial charge in [0.05, 0.1) is 16.4 Å². The minimum atomic E-state index is -0.415. The van der Waals surface area contributed by atoms with Crippen LogP contribution in [0.2, 0.25) is 0 Å². The van der Waals surface area contributed by atoms with Gasteiger partial charge in [-0.2, -0.15) is 0 Å². The zero-order valence-corrected chi connectivity index (χ0v) is 16.2. The number of aromatic nitrogens is 2. The average Bonchev–Trinajstić information content (AvgIpc) is 2.65. The Bertz CT molecular complexity index is 964. The molecule has 1 amide bonds. The number of ether oxygens (including phenoxy) is 1. The summed E-state index contributed by atoms with van der Waals surface area (Å²) < 4.78 is 19.3. The second-order valence-electron chi connectivity index (χ2n) is 5.78. The van der Waals surface area contributed by atoms with E-state index in [0.717, 1.165) is 5.69 Å². The second-order valence-corrected chi connectivity index (χ2v) is 6.64. The largest absolute Gasteiger partial charge is 0.437 e. The van der Waals surface area contributed by atoms with E-state index >= 15 is 0 Å². The number of hydrogen-bond donors (Lipinski definition) is 1. The predicted molar refractivity (Wildman–Crippen MR) is 105 cm³/mol. The lowest BCUT2D eigenvalue weighted by Crippen LogP contribution is -2.15. The van der Waals surface area contributed by atoms with Crippen molar-refractivity contribution < 1.29 is 13.9 Å². The lowest BCUT2D eigenvalue weighted by atomic mass is 10.2. The lowest BCUT2D eigenvalue weighted by molar-refractivity contribution is 0.102. The van der Waals surface area contributed by atoms with Crippen LogP contribution in [0.15, 0.2) is 59.3 Å². The minimum absolute atomic E-state index is 0.104. The third-order valence-corrected chi connectivity index (χ3v) is 4.24. The molecule has 0 spiro atoms. The van der Waals surface area contributed by atoms with Crippen LogP contribution in [-0.2, 0) is 0 Å². The van der Waals surface area contributed by atoms with Crippen LogP contribution >= 0.6 is 15.9 Å². The highest BCUT2D eigenvalue weighted by molar-refractivity contribution is 9.10. The van der Waals surface area contributed by atoms with Gasteiger partial charge in [-0.05, 0) is 58.4 Å². The maximum atomic E-state index is 13.2. The van der Waals surface area contributed by atoms with Crippen molar-refractivity contribution in [3.8, 4) is 11.6 Å². The van der Waals surface area contributed by atoms with Crippen LogP contribution in [0.5, 0.6) is 11.6 Å². The SMILES string of the molecule is CN(C)c1ccc(NC(=O)c2cccnc2Oc2ccc(F)cc2Br)nc1. The molecule has 6 nitrogen and oxygen atoms in total. The van der Waals surface area contributed by atoms with E-state index in [2.05, 4.69) is 31.2 Å². The number of rotatable bonds is 5. The molecule has 0 saturated heterocycles. The molecule has 0 atom stereocenters. The van der Waals surface area contributed by atoms with Crippen molar-refractivity contribution in [3.63, 3.8) is 0 Å². The molecule has 3 rings (SSSR count). The van der Waals surface area contributed by atoms with Gasteiger partial charge in [-0.15, -0.1) is 0 Å². The van der Waals surface area contributed by atoms with Crippen LogP contribution < -0.4 is 15.0 Å². The summed E-state index contributed by atoms with van der Waals surface area (Å²) in [4.78, 5) is 22.9. The fourth-order valence-corrected chi connectivity index (χ4v) is 2.65. The van der Waals surface area contributed by atoms with E-state index in [0.29, 0.717) is 16.0 Å². The molecule has 3 aromatic rings. The smallest absolute Gasteiger partial charge is 0.262 e. The third-order valence-electron chi connectivity index (χ3n) is 3.62. The van der Waals surface area contributed by atoms with Gasteiger partial charge in [-0.1, -0.05) is 0 Å². The number of anilines is 2. The lowest BCUT2D eigenvalue weighted by Gasteiger charge is -2.13. The molecule has 0 aliphatic carbocycles. The molecule has 1 aromatic carbocycles. The van der Waals surface area contributed by atoms with E-state index in [1.54, 1.807) is 24.4 Å². The van der Waals surface area contributed by atoms with Gasteiger partial charge in [0.25, 0.3) is 5.91 Å². The Morgan fingerprint density at radius 2 is 2.00 bits per heavy atom. The molecule has 2 heterocycles. The highest BCUT2D eigenvalue weighted by Crippen LogP contribution is 2.31. The van der Waals surface area contributed by atoms with Crippen molar-refractivity contribution in [3.05, 3.63) is 70.7 Å².